The Labute approximate surface area is 123 Å². The van der Waals surface area contributed by atoms with Crippen LogP contribution in [0.25, 0.3) is 0 Å². The highest BCUT2D eigenvalue weighted by Gasteiger charge is 2.18. The molecule has 116 valence electrons. The number of hydrogen-bond donors (Lipinski definition) is 2. The molecule has 0 atom stereocenters. The zero-order valence-corrected chi connectivity index (χ0v) is 14.2. The van der Waals surface area contributed by atoms with Gasteiger partial charge >= 0.3 is 11.9 Å². The van der Waals surface area contributed by atoms with Crippen molar-refractivity contribution in [3.63, 3.8) is 0 Å². The van der Waals surface area contributed by atoms with Crippen LogP contribution in [0, 0.1) is 0 Å². The van der Waals surface area contributed by atoms with E-state index in [1.165, 1.54) is 6.04 Å². The third kappa shape index (κ3) is 8.14. The van der Waals surface area contributed by atoms with Crippen molar-refractivity contribution in [2.45, 2.75) is 70.5 Å². The van der Waals surface area contributed by atoms with Crippen LogP contribution in [0.4, 0.5) is 0 Å². The third-order valence-corrected chi connectivity index (χ3v) is 8.27. The molecule has 0 aromatic heterocycles. The lowest BCUT2D eigenvalue weighted by Gasteiger charge is -2.23. The average Bonchev–Trinajstić information content (AvgIpc) is 2.30. The van der Waals surface area contributed by atoms with E-state index in [-0.39, 0.29) is 5.57 Å². The van der Waals surface area contributed by atoms with Crippen LogP contribution in [0.2, 0.25) is 17.1 Å². The summed E-state index contributed by atoms with van der Waals surface area (Å²) in [7, 11) is -0.716. The minimum Gasteiger partial charge on any atom is -0.478 e. The molecule has 4 nitrogen and oxygen atoms in total. The van der Waals surface area contributed by atoms with E-state index < -0.39 is 20.7 Å². The predicted molar refractivity (Wildman–Crippen MR) is 84.0 cm³/mol. The summed E-state index contributed by atoms with van der Waals surface area (Å²) in [6.07, 6.45) is 4.02. The molecule has 0 radical (unpaired) electrons. The number of rotatable bonds is 10. The molecule has 0 unspecified atom stereocenters. The van der Waals surface area contributed by atoms with Gasteiger partial charge in [-0.05, 0) is 12.8 Å². The zero-order valence-electron chi connectivity index (χ0n) is 13.1. The third-order valence-electron chi connectivity index (χ3n) is 3.77. The Hall–Kier alpha value is -1.10. The first-order chi connectivity index (χ1) is 9.25. The Kier molecular flexibility index (Phi) is 9.21. The van der Waals surface area contributed by atoms with Crippen molar-refractivity contribution in [1.29, 1.82) is 0 Å². The van der Waals surface area contributed by atoms with Crippen molar-refractivity contribution in [3.05, 3.63) is 11.6 Å². The van der Waals surface area contributed by atoms with E-state index in [4.69, 9.17) is 10.2 Å². The van der Waals surface area contributed by atoms with Gasteiger partial charge in [-0.25, -0.2) is 9.59 Å². The summed E-state index contributed by atoms with van der Waals surface area (Å²) in [6, 6.07) is 1.29. The van der Waals surface area contributed by atoms with Gasteiger partial charge in [-0.2, -0.15) is 0 Å². The molecule has 0 spiro atoms. The standard InChI is InChI=1S/C15H28O4Si/c1-11(2)20(12(3)4)9-7-5-6-8-13(15(18)19)10-14(16)17/h10-12,20H,5-9H2,1-4H3,(H,16,17)(H,18,19)/b13-10+. The Bertz CT molecular complexity index is 340. The summed E-state index contributed by atoms with van der Waals surface area (Å²) >= 11 is 0. The molecule has 0 saturated heterocycles. The summed E-state index contributed by atoms with van der Waals surface area (Å²) < 4.78 is 0. The molecule has 0 aliphatic heterocycles. The van der Waals surface area contributed by atoms with Gasteiger partial charge in [-0.3, -0.25) is 0 Å². The van der Waals surface area contributed by atoms with Crippen molar-refractivity contribution in [2.75, 3.05) is 0 Å². The van der Waals surface area contributed by atoms with Gasteiger partial charge in [0.1, 0.15) is 0 Å². The molecule has 0 bridgehead atoms. The van der Waals surface area contributed by atoms with E-state index in [1.54, 1.807) is 0 Å². The second-order valence-corrected chi connectivity index (χ2v) is 10.6. The number of carboxylic acids is 2. The number of unbranched alkanes of at least 4 members (excludes halogenated alkanes) is 2. The van der Waals surface area contributed by atoms with Gasteiger partial charge in [-0.1, -0.05) is 57.7 Å². The molecule has 0 aromatic rings. The highest BCUT2D eigenvalue weighted by Crippen LogP contribution is 2.25. The van der Waals surface area contributed by atoms with Crippen LogP contribution in [-0.2, 0) is 9.59 Å². The fourth-order valence-electron chi connectivity index (χ4n) is 2.70. The number of aliphatic carboxylic acids is 2. The van der Waals surface area contributed by atoms with E-state index in [0.717, 1.165) is 36.4 Å². The summed E-state index contributed by atoms with van der Waals surface area (Å²) in [6.45, 7) is 9.20. The SMILES string of the molecule is CC(C)[SiH](CCCCC/C(=C\C(=O)O)C(=O)O)C(C)C. The zero-order chi connectivity index (χ0) is 15.7. The summed E-state index contributed by atoms with van der Waals surface area (Å²) in [5.41, 5.74) is 1.60. The number of carbonyl (C=O) groups is 2. The largest absolute Gasteiger partial charge is 0.478 e. The van der Waals surface area contributed by atoms with Crippen molar-refractivity contribution in [1.82, 2.24) is 0 Å². The Morgan fingerprint density at radius 3 is 1.95 bits per heavy atom. The first kappa shape index (κ1) is 18.9. The molecular formula is C15H28O4Si. The van der Waals surface area contributed by atoms with Crippen LogP contribution < -0.4 is 0 Å². The second kappa shape index (κ2) is 9.75. The topological polar surface area (TPSA) is 74.6 Å². The summed E-state index contributed by atoms with van der Waals surface area (Å²) in [4.78, 5) is 21.4. The molecule has 0 fully saturated rings. The minimum atomic E-state index is -1.19. The molecule has 0 amide bonds. The lowest BCUT2D eigenvalue weighted by Crippen LogP contribution is -2.20. The van der Waals surface area contributed by atoms with Gasteiger partial charge < -0.3 is 10.2 Å². The van der Waals surface area contributed by atoms with Gasteiger partial charge in [0.15, 0.2) is 0 Å². The lowest BCUT2D eigenvalue weighted by atomic mass is 10.1. The second-order valence-electron chi connectivity index (χ2n) is 6.06. The average molecular weight is 300 g/mol. The fraction of sp³-hybridized carbons (Fsp3) is 0.733. The van der Waals surface area contributed by atoms with Gasteiger partial charge in [0.25, 0.3) is 0 Å². The molecule has 0 rings (SSSR count). The first-order valence-electron chi connectivity index (χ1n) is 7.42. The van der Waals surface area contributed by atoms with Crippen molar-refractivity contribution in [2.24, 2.45) is 0 Å². The van der Waals surface area contributed by atoms with E-state index in [1.807, 2.05) is 0 Å². The molecule has 0 aliphatic rings. The monoisotopic (exact) mass is 300 g/mol. The van der Waals surface area contributed by atoms with Crippen molar-refractivity contribution < 1.29 is 19.8 Å². The normalized spacial score (nSPS) is 12.4. The van der Waals surface area contributed by atoms with Crippen LogP contribution in [0.5, 0.6) is 0 Å². The molecule has 0 saturated carbocycles. The van der Waals surface area contributed by atoms with E-state index in [9.17, 15) is 9.59 Å². The van der Waals surface area contributed by atoms with E-state index in [0.29, 0.717) is 6.42 Å². The predicted octanol–water partition coefficient (Wildman–Crippen LogP) is 3.69. The molecule has 0 aromatic carbocycles. The Morgan fingerprint density at radius 1 is 1.00 bits per heavy atom. The quantitative estimate of drug-likeness (QED) is 0.366. The molecule has 20 heavy (non-hydrogen) atoms. The minimum absolute atomic E-state index is 0.000913. The van der Waals surface area contributed by atoms with Crippen LogP contribution >= 0.6 is 0 Å². The maximum absolute atomic E-state index is 10.9. The summed E-state index contributed by atoms with van der Waals surface area (Å²) in [5, 5.41) is 17.5. The van der Waals surface area contributed by atoms with E-state index >= 15 is 0 Å². The van der Waals surface area contributed by atoms with Crippen LogP contribution in [0.15, 0.2) is 11.6 Å². The van der Waals surface area contributed by atoms with Crippen molar-refractivity contribution >= 4 is 20.7 Å². The molecule has 5 heteroatoms. The van der Waals surface area contributed by atoms with Gasteiger partial charge in [0.2, 0.25) is 0 Å². The Morgan fingerprint density at radius 2 is 1.55 bits per heavy atom. The highest BCUT2D eigenvalue weighted by atomic mass is 28.3. The van der Waals surface area contributed by atoms with Crippen LogP contribution in [0.3, 0.4) is 0 Å². The van der Waals surface area contributed by atoms with Crippen molar-refractivity contribution in [3.8, 4) is 0 Å². The molecule has 0 aliphatic carbocycles. The highest BCUT2D eigenvalue weighted by molar-refractivity contribution is 6.61. The fourth-order valence-corrected chi connectivity index (χ4v) is 6.33. The summed E-state index contributed by atoms with van der Waals surface area (Å²) in [5.74, 6) is -2.31. The molecular weight excluding hydrogens is 272 g/mol. The maximum Gasteiger partial charge on any atom is 0.331 e. The van der Waals surface area contributed by atoms with Gasteiger partial charge in [0.05, 0.1) is 0 Å². The van der Waals surface area contributed by atoms with Gasteiger partial charge in [-0.15, -0.1) is 0 Å². The van der Waals surface area contributed by atoms with Gasteiger partial charge in [0, 0.05) is 20.4 Å². The lowest BCUT2D eigenvalue weighted by molar-refractivity contribution is -0.135. The molecule has 0 heterocycles. The maximum atomic E-state index is 10.9. The van der Waals surface area contributed by atoms with Crippen LogP contribution in [-0.4, -0.2) is 30.9 Å². The van der Waals surface area contributed by atoms with Crippen LogP contribution in [0.1, 0.15) is 53.4 Å². The number of carboxylic acid groups (broad SMARTS) is 2. The van der Waals surface area contributed by atoms with E-state index in [2.05, 4.69) is 27.7 Å². The number of hydrogen-bond acceptors (Lipinski definition) is 2. The molecule has 2 N–H and O–H groups in total. The smallest absolute Gasteiger partial charge is 0.331 e. The Balaban J connectivity index is 4.07. The first-order valence-corrected chi connectivity index (χ1v) is 9.57.